The van der Waals surface area contributed by atoms with E-state index in [2.05, 4.69) is 30.6 Å². The van der Waals surface area contributed by atoms with E-state index >= 15 is 0 Å². The maximum atomic E-state index is 9.64. The fourth-order valence-corrected chi connectivity index (χ4v) is 2.70. The van der Waals surface area contributed by atoms with Gasteiger partial charge in [-0.3, -0.25) is 18.8 Å². The Hall–Kier alpha value is -0.370. The van der Waals surface area contributed by atoms with Crippen LogP contribution in [0.5, 0.6) is 0 Å². The molecule has 1 aromatic heterocycles. The Morgan fingerprint density at radius 2 is 2.14 bits per heavy atom. The van der Waals surface area contributed by atoms with E-state index in [1.165, 1.54) is 12.4 Å². The molecule has 14 heavy (non-hydrogen) atoms. The Balaban J connectivity index is 2.09. The third-order valence-corrected chi connectivity index (χ3v) is 4.14. The maximum absolute atomic E-state index is 9.64. The smallest absolute Gasteiger partial charge is 0.163 e. The van der Waals surface area contributed by atoms with Crippen LogP contribution in [-0.4, -0.2) is 24.3 Å². The van der Waals surface area contributed by atoms with Gasteiger partial charge in [0.1, 0.15) is 4.60 Å². The molecule has 78 valence electrons. The number of halogens is 1. The van der Waals surface area contributed by atoms with Crippen molar-refractivity contribution in [1.82, 2.24) is 9.97 Å². The van der Waals surface area contributed by atoms with Crippen molar-refractivity contribution in [3.05, 3.63) is 17.0 Å². The Bertz CT molecular complexity index is 345. The fourth-order valence-electron chi connectivity index (χ4n) is 1.03. The van der Waals surface area contributed by atoms with Gasteiger partial charge in [0.25, 0.3) is 0 Å². The lowest BCUT2D eigenvalue weighted by molar-refractivity contribution is 0.492. The highest BCUT2D eigenvalue weighted by Crippen LogP contribution is 2.54. The number of anilines is 1. The minimum Gasteiger partial charge on any atom is -0.282 e. The van der Waals surface area contributed by atoms with Crippen LogP contribution in [0.2, 0.25) is 0 Å². The number of aromatic nitrogens is 2. The minimum atomic E-state index is -2.73. The molecule has 0 saturated heterocycles. The van der Waals surface area contributed by atoms with Crippen LogP contribution in [0.4, 0.5) is 5.82 Å². The predicted molar refractivity (Wildman–Crippen MR) is 59.2 cm³/mol. The summed E-state index contributed by atoms with van der Waals surface area (Å²) in [6.07, 6.45) is 4.71. The van der Waals surface area contributed by atoms with E-state index in [-0.39, 0.29) is 5.25 Å². The van der Waals surface area contributed by atoms with E-state index in [1.54, 1.807) is 0 Å². The van der Waals surface area contributed by atoms with Gasteiger partial charge in [-0.15, -0.1) is 10.8 Å². The van der Waals surface area contributed by atoms with Crippen molar-refractivity contribution in [1.29, 1.82) is 0 Å². The molecule has 7 heteroatoms. The van der Waals surface area contributed by atoms with E-state index in [9.17, 15) is 9.11 Å². The molecule has 2 rings (SSSR count). The van der Waals surface area contributed by atoms with E-state index in [0.717, 1.165) is 12.8 Å². The maximum Gasteiger partial charge on any atom is 0.163 e. The Morgan fingerprint density at radius 3 is 2.71 bits per heavy atom. The first-order valence-corrected chi connectivity index (χ1v) is 6.50. The summed E-state index contributed by atoms with van der Waals surface area (Å²) >= 11 is 3.15. The van der Waals surface area contributed by atoms with Gasteiger partial charge in [-0.25, -0.2) is 4.98 Å². The number of nitrogens with one attached hydrogen (secondary N) is 1. The van der Waals surface area contributed by atoms with Crippen molar-refractivity contribution < 1.29 is 9.11 Å². The highest BCUT2D eigenvalue weighted by molar-refractivity contribution is 9.10. The first-order chi connectivity index (χ1) is 6.58. The van der Waals surface area contributed by atoms with Crippen molar-refractivity contribution >= 4 is 32.5 Å². The standard InChI is InChI=1S/C7H10BrN3O2S/c8-6-3-9-4-7(10-6)11-14(12,13)5-1-2-5/h3-5,12-13H,1-2H2,(H,10,11). The Kier molecular flexibility index (Phi) is 2.65. The van der Waals surface area contributed by atoms with Crippen LogP contribution in [0.25, 0.3) is 0 Å². The summed E-state index contributed by atoms with van der Waals surface area (Å²) in [5, 5.41) is -0.0247. The van der Waals surface area contributed by atoms with Gasteiger partial charge in [0.2, 0.25) is 0 Å². The molecule has 1 aliphatic carbocycles. The van der Waals surface area contributed by atoms with Gasteiger partial charge >= 0.3 is 0 Å². The van der Waals surface area contributed by atoms with Crippen molar-refractivity contribution in [2.75, 3.05) is 4.72 Å². The first-order valence-electron chi connectivity index (χ1n) is 4.10. The summed E-state index contributed by atoms with van der Waals surface area (Å²) < 4.78 is 22.5. The zero-order valence-electron chi connectivity index (χ0n) is 7.22. The third-order valence-electron chi connectivity index (χ3n) is 1.85. The van der Waals surface area contributed by atoms with Crippen LogP contribution in [0.3, 0.4) is 0 Å². The highest BCUT2D eigenvalue weighted by Gasteiger charge is 2.36. The summed E-state index contributed by atoms with van der Waals surface area (Å²) in [5.74, 6) is 0.381. The SMILES string of the molecule is OS(O)(Nc1cncc(Br)n1)C1CC1. The monoisotopic (exact) mass is 279 g/mol. The Morgan fingerprint density at radius 1 is 1.43 bits per heavy atom. The van der Waals surface area contributed by atoms with Gasteiger partial charge in [-0.1, -0.05) is 0 Å². The predicted octanol–water partition coefficient (Wildman–Crippen LogP) is 2.48. The number of hydrogen-bond acceptors (Lipinski definition) is 5. The van der Waals surface area contributed by atoms with Crippen LogP contribution < -0.4 is 4.72 Å². The molecular weight excluding hydrogens is 270 g/mol. The molecule has 0 aliphatic heterocycles. The van der Waals surface area contributed by atoms with Crippen LogP contribution in [0.1, 0.15) is 12.8 Å². The van der Waals surface area contributed by atoms with E-state index in [4.69, 9.17) is 0 Å². The Labute approximate surface area is 91.6 Å². The lowest BCUT2D eigenvalue weighted by Gasteiger charge is -2.32. The van der Waals surface area contributed by atoms with Gasteiger partial charge in [0, 0.05) is 0 Å². The van der Waals surface area contributed by atoms with Gasteiger partial charge in [0.05, 0.1) is 17.6 Å². The van der Waals surface area contributed by atoms with Crippen LogP contribution in [-0.2, 0) is 0 Å². The van der Waals surface area contributed by atoms with Crippen molar-refractivity contribution in [2.24, 2.45) is 0 Å². The average molecular weight is 280 g/mol. The second-order valence-electron chi connectivity index (χ2n) is 3.12. The summed E-state index contributed by atoms with van der Waals surface area (Å²) in [4.78, 5) is 7.88. The summed E-state index contributed by atoms with van der Waals surface area (Å²) in [5.41, 5.74) is 0. The highest BCUT2D eigenvalue weighted by atomic mass is 79.9. The molecule has 3 N–H and O–H groups in total. The largest absolute Gasteiger partial charge is 0.282 e. The third kappa shape index (κ3) is 2.35. The molecule has 0 spiro atoms. The van der Waals surface area contributed by atoms with Crippen LogP contribution in [0.15, 0.2) is 17.0 Å². The number of nitrogens with zero attached hydrogens (tertiary/aromatic N) is 2. The summed E-state index contributed by atoms with van der Waals surface area (Å²) in [6.45, 7) is 0. The van der Waals surface area contributed by atoms with Crippen LogP contribution >= 0.6 is 26.7 Å². The van der Waals surface area contributed by atoms with Crippen molar-refractivity contribution in [3.63, 3.8) is 0 Å². The molecule has 5 nitrogen and oxygen atoms in total. The number of hydrogen-bond donors (Lipinski definition) is 3. The van der Waals surface area contributed by atoms with E-state index in [0.29, 0.717) is 10.4 Å². The summed E-state index contributed by atoms with van der Waals surface area (Å²) in [6, 6.07) is 0. The fraction of sp³-hybridized carbons (Fsp3) is 0.429. The van der Waals surface area contributed by atoms with Gasteiger partial charge in [0.15, 0.2) is 5.82 Å². The van der Waals surface area contributed by atoms with E-state index in [1.807, 2.05) is 0 Å². The molecule has 1 aromatic rings. The molecule has 0 amide bonds. The van der Waals surface area contributed by atoms with Gasteiger partial charge in [-0.2, -0.15) is 0 Å². The lowest BCUT2D eigenvalue weighted by atomic mass is 10.7. The molecule has 0 radical (unpaired) electrons. The lowest BCUT2D eigenvalue weighted by Crippen LogP contribution is -2.14. The van der Waals surface area contributed by atoms with Crippen molar-refractivity contribution in [2.45, 2.75) is 18.1 Å². The zero-order valence-corrected chi connectivity index (χ0v) is 9.62. The summed E-state index contributed by atoms with van der Waals surface area (Å²) in [7, 11) is -2.73. The quantitative estimate of drug-likeness (QED) is 0.792. The molecule has 1 heterocycles. The zero-order chi connectivity index (χ0) is 10.2. The molecule has 0 unspecified atom stereocenters. The molecule has 0 aromatic carbocycles. The molecule has 1 fully saturated rings. The molecule has 0 bridgehead atoms. The molecular formula is C7H10BrN3O2S. The minimum absolute atomic E-state index is 0.0247. The normalized spacial score (nSPS) is 17.9. The van der Waals surface area contributed by atoms with Crippen molar-refractivity contribution in [3.8, 4) is 0 Å². The average Bonchev–Trinajstić information content (AvgIpc) is 2.84. The molecule has 1 saturated carbocycles. The topological polar surface area (TPSA) is 78.3 Å². The second kappa shape index (κ2) is 3.65. The molecule has 0 atom stereocenters. The van der Waals surface area contributed by atoms with Crippen LogP contribution in [0, 0.1) is 0 Å². The van der Waals surface area contributed by atoms with Gasteiger partial charge < -0.3 is 0 Å². The first kappa shape index (κ1) is 10.2. The van der Waals surface area contributed by atoms with Gasteiger partial charge in [-0.05, 0) is 28.8 Å². The van der Waals surface area contributed by atoms with E-state index < -0.39 is 10.8 Å². The second-order valence-corrected chi connectivity index (χ2v) is 5.99. The molecule has 1 aliphatic rings. The number of rotatable bonds is 3.